The first-order valence-corrected chi connectivity index (χ1v) is 10.4. The number of nitrogens with zero attached hydrogens (tertiary/aromatic N) is 3. The van der Waals surface area contributed by atoms with Gasteiger partial charge in [0, 0.05) is 17.9 Å². The van der Waals surface area contributed by atoms with Gasteiger partial charge in [0.2, 0.25) is 0 Å². The van der Waals surface area contributed by atoms with E-state index >= 15 is 0 Å². The highest BCUT2D eigenvalue weighted by atomic mass is 32.2. The Balaban J connectivity index is 1.70. The van der Waals surface area contributed by atoms with E-state index in [0.717, 1.165) is 28.8 Å². The first-order valence-electron chi connectivity index (χ1n) is 9.43. The molecule has 140 valence electrons. The van der Waals surface area contributed by atoms with Crippen molar-refractivity contribution >= 4 is 11.8 Å². The lowest BCUT2D eigenvalue weighted by Gasteiger charge is -2.12. The maximum absolute atomic E-state index is 4.54. The highest BCUT2D eigenvalue weighted by molar-refractivity contribution is 7.98. The minimum atomic E-state index is 0.757. The highest BCUT2D eigenvalue weighted by Gasteiger charge is 2.15. The largest absolute Gasteiger partial charge is 0.274 e. The summed E-state index contributed by atoms with van der Waals surface area (Å²) in [5.41, 5.74) is 6.21. The van der Waals surface area contributed by atoms with Crippen LogP contribution in [-0.4, -0.2) is 14.8 Å². The molecule has 0 aliphatic rings. The second-order valence-electron chi connectivity index (χ2n) is 6.94. The molecule has 0 atom stereocenters. The molecule has 3 nitrogen and oxygen atoms in total. The lowest BCUT2D eigenvalue weighted by Crippen LogP contribution is -2.04. The van der Waals surface area contributed by atoms with E-state index in [4.69, 9.17) is 0 Å². The van der Waals surface area contributed by atoms with Gasteiger partial charge in [-0.1, -0.05) is 78.5 Å². The monoisotopic (exact) mass is 385 g/mol. The molecule has 0 spiro atoms. The van der Waals surface area contributed by atoms with E-state index in [1.165, 1.54) is 22.3 Å². The zero-order valence-electron chi connectivity index (χ0n) is 16.2. The van der Waals surface area contributed by atoms with Crippen molar-refractivity contribution in [2.24, 2.45) is 0 Å². The normalized spacial score (nSPS) is 10.9. The standard InChI is InChI=1S/C24H23N3S/c1-18-13-14-22(15-19(18)2)27-23(16-20-9-5-3-6-10-20)25-26-24(27)28-17-21-11-7-4-8-12-21/h3-15H,16-17H2,1-2H3. The van der Waals surface area contributed by atoms with Crippen LogP contribution < -0.4 is 0 Å². The van der Waals surface area contributed by atoms with Crippen molar-refractivity contribution in [3.63, 3.8) is 0 Å². The second kappa shape index (κ2) is 8.44. The predicted molar refractivity (Wildman–Crippen MR) is 116 cm³/mol. The van der Waals surface area contributed by atoms with Gasteiger partial charge in [0.15, 0.2) is 5.16 Å². The third-order valence-electron chi connectivity index (χ3n) is 4.86. The Morgan fingerprint density at radius 2 is 1.43 bits per heavy atom. The van der Waals surface area contributed by atoms with Crippen molar-refractivity contribution in [3.05, 3.63) is 107 Å². The fourth-order valence-corrected chi connectivity index (χ4v) is 4.06. The maximum Gasteiger partial charge on any atom is 0.196 e. The summed E-state index contributed by atoms with van der Waals surface area (Å²) in [7, 11) is 0. The molecule has 0 saturated carbocycles. The topological polar surface area (TPSA) is 30.7 Å². The molecule has 0 amide bonds. The Kier molecular flexibility index (Phi) is 5.58. The van der Waals surface area contributed by atoms with Crippen molar-refractivity contribution < 1.29 is 0 Å². The van der Waals surface area contributed by atoms with E-state index in [0.29, 0.717) is 0 Å². The molecule has 0 unspecified atom stereocenters. The van der Waals surface area contributed by atoms with E-state index in [1.807, 2.05) is 12.1 Å². The van der Waals surface area contributed by atoms with Gasteiger partial charge in [-0.15, -0.1) is 10.2 Å². The van der Waals surface area contributed by atoms with Crippen LogP contribution in [0.15, 0.2) is 84.0 Å². The van der Waals surface area contributed by atoms with Gasteiger partial charge in [-0.25, -0.2) is 0 Å². The summed E-state index contributed by atoms with van der Waals surface area (Å²) in [5.74, 6) is 1.83. The molecule has 0 fully saturated rings. The molecule has 3 aromatic carbocycles. The summed E-state index contributed by atoms with van der Waals surface area (Å²) in [6.07, 6.45) is 0.757. The minimum Gasteiger partial charge on any atom is -0.274 e. The van der Waals surface area contributed by atoms with Gasteiger partial charge in [0.25, 0.3) is 0 Å². The van der Waals surface area contributed by atoms with Crippen molar-refractivity contribution in [3.8, 4) is 5.69 Å². The van der Waals surface area contributed by atoms with Crippen LogP contribution in [0.2, 0.25) is 0 Å². The summed E-state index contributed by atoms with van der Waals surface area (Å²) < 4.78 is 2.20. The summed E-state index contributed by atoms with van der Waals surface area (Å²) >= 11 is 1.73. The Morgan fingerprint density at radius 3 is 2.11 bits per heavy atom. The molecule has 4 rings (SSSR count). The van der Waals surface area contributed by atoms with Gasteiger partial charge in [-0.2, -0.15) is 0 Å². The molecule has 0 radical (unpaired) electrons. The third kappa shape index (κ3) is 4.18. The predicted octanol–water partition coefficient (Wildman–Crippen LogP) is 5.77. The molecule has 4 heteroatoms. The van der Waals surface area contributed by atoms with Gasteiger partial charge in [0.1, 0.15) is 5.82 Å². The molecular formula is C24H23N3S. The van der Waals surface area contributed by atoms with Crippen LogP contribution in [0.25, 0.3) is 5.69 Å². The fraction of sp³-hybridized carbons (Fsp3) is 0.167. The van der Waals surface area contributed by atoms with E-state index in [2.05, 4.69) is 95.3 Å². The summed E-state index contributed by atoms with van der Waals surface area (Å²) in [5, 5.41) is 10.0. The SMILES string of the molecule is Cc1ccc(-n2c(Cc3ccccc3)nnc2SCc2ccccc2)cc1C. The first-order chi connectivity index (χ1) is 13.7. The molecule has 0 bridgehead atoms. The lowest BCUT2D eigenvalue weighted by molar-refractivity contribution is 0.846. The van der Waals surface area contributed by atoms with E-state index in [1.54, 1.807) is 11.8 Å². The zero-order chi connectivity index (χ0) is 19.3. The van der Waals surface area contributed by atoms with Crippen LogP contribution in [0, 0.1) is 13.8 Å². The quantitative estimate of drug-likeness (QED) is 0.395. The van der Waals surface area contributed by atoms with E-state index in [9.17, 15) is 0 Å². The van der Waals surface area contributed by atoms with Crippen LogP contribution in [0.1, 0.15) is 28.1 Å². The van der Waals surface area contributed by atoms with Gasteiger partial charge in [0.05, 0.1) is 0 Å². The van der Waals surface area contributed by atoms with E-state index in [-0.39, 0.29) is 0 Å². The van der Waals surface area contributed by atoms with Gasteiger partial charge in [-0.3, -0.25) is 4.57 Å². The minimum absolute atomic E-state index is 0.757. The number of aromatic nitrogens is 3. The Morgan fingerprint density at radius 1 is 0.750 bits per heavy atom. The first kappa shape index (κ1) is 18.5. The smallest absolute Gasteiger partial charge is 0.196 e. The molecule has 1 heterocycles. The number of hydrogen-bond donors (Lipinski definition) is 0. The van der Waals surface area contributed by atoms with Crippen LogP contribution >= 0.6 is 11.8 Å². The van der Waals surface area contributed by atoms with Crippen LogP contribution in [0.3, 0.4) is 0 Å². The van der Waals surface area contributed by atoms with Crippen molar-refractivity contribution in [1.82, 2.24) is 14.8 Å². The van der Waals surface area contributed by atoms with Crippen molar-refractivity contribution in [1.29, 1.82) is 0 Å². The highest BCUT2D eigenvalue weighted by Crippen LogP contribution is 2.27. The number of benzene rings is 3. The van der Waals surface area contributed by atoms with Crippen LogP contribution in [-0.2, 0) is 12.2 Å². The summed E-state index contributed by atoms with van der Waals surface area (Å²) in [6.45, 7) is 4.29. The Labute approximate surface area is 170 Å². The Hall–Kier alpha value is -2.85. The number of rotatable bonds is 6. The summed E-state index contributed by atoms with van der Waals surface area (Å²) in [6, 6.07) is 27.5. The molecule has 0 saturated heterocycles. The molecule has 0 aliphatic carbocycles. The van der Waals surface area contributed by atoms with Gasteiger partial charge in [-0.05, 0) is 48.2 Å². The van der Waals surface area contributed by atoms with Crippen molar-refractivity contribution in [2.45, 2.75) is 31.2 Å². The summed E-state index contributed by atoms with van der Waals surface area (Å²) in [4.78, 5) is 0. The molecule has 28 heavy (non-hydrogen) atoms. The zero-order valence-corrected chi connectivity index (χ0v) is 17.0. The molecular weight excluding hydrogens is 362 g/mol. The number of hydrogen-bond acceptors (Lipinski definition) is 3. The van der Waals surface area contributed by atoms with E-state index < -0.39 is 0 Å². The average Bonchev–Trinajstić information content (AvgIpc) is 3.12. The number of thioether (sulfide) groups is 1. The second-order valence-corrected chi connectivity index (χ2v) is 7.88. The van der Waals surface area contributed by atoms with Gasteiger partial charge < -0.3 is 0 Å². The van der Waals surface area contributed by atoms with Crippen LogP contribution in [0.5, 0.6) is 0 Å². The Bertz CT molecular complexity index is 1060. The fourth-order valence-electron chi connectivity index (χ4n) is 3.13. The molecule has 0 aliphatic heterocycles. The maximum atomic E-state index is 4.54. The average molecular weight is 386 g/mol. The van der Waals surface area contributed by atoms with Gasteiger partial charge >= 0.3 is 0 Å². The molecule has 1 aromatic heterocycles. The van der Waals surface area contributed by atoms with Crippen LogP contribution in [0.4, 0.5) is 0 Å². The lowest BCUT2D eigenvalue weighted by atomic mass is 10.1. The van der Waals surface area contributed by atoms with Crippen molar-refractivity contribution in [2.75, 3.05) is 0 Å². The number of aryl methyl sites for hydroxylation is 2. The molecule has 0 N–H and O–H groups in total. The third-order valence-corrected chi connectivity index (χ3v) is 5.86. The molecule has 4 aromatic rings.